The molecule has 144 valence electrons. The number of nitrogens with one attached hydrogen (secondary N) is 1. The van der Waals surface area contributed by atoms with Gasteiger partial charge in [0.25, 0.3) is 11.8 Å². The van der Waals surface area contributed by atoms with Gasteiger partial charge in [0.1, 0.15) is 5.57 Å². The fraction of sp³-hybridized carbons (Fsp3) is 0.190. The predicted octanol–water partition coefficient (Wildman–Crippen LogP) is 2.99. The molecule has 0 bridgehead atoms. The third-order valence-corrected chi connectivity index (χ3v) is 4.43. The molecule has 1 aliphatic heterocycles. The van der Waals surface area contributed by atoms with E-state index in [4.69, 9.17) is 9.47 Å². The molecule has 0 unspecified atom stereocenters. The highest BCUT2D eigenvalue weighted by molar-refractivity contribution is 6.39. The zero-order valence-corrected chi connectivity index (χ0v) is 16.0. The zero-order valence-electron chi connectivity index (χ0n) is 16.0. The number of anilines is 1. The van der Waals surface area contributed by atoms with E-state index in [1.165, 1.54) is 20.3 Å². The Hall–Kier alpha value is -3.61. The van der Waals surface area contributed by atoms with Gasteiger partial charge in [0.15, 0.2) is 11.5 Å². The first-order valence-corrected chi connectivity index (χ1v) is 8.56. The largest absolute Gasteiger partial charge is 0.493 e. The number of hydrogen-bond donors (Lipinski definition) is 1. The second-order valence-corrected chi connectivity index (χ2v) is 6.36. The Morgan fingerprint density at radius 3 is 2.29 bits per heavy atom. The Morgan fingerprint density at radius 1 is 0.964 bits per heavy atom. The molecule has 0 aromatic heterocycles. The van der Waals surface area contributed by atoms with Crippen molar-refractivity contribution in [2.75, 3.05) is 19.1 Å². The van der Waals surface area contributed by atoms with Crippen molar-refractivity contribution in [3.63, 3.8) is 0 Å². The second kappa shape index (κ2) is 7.56. The molecule has 0 saturated carbocycles. The van der Waals surface area contributed by atoms with Crippen LogP contribution < -0.4 is 19.7 Å². The van der Waals surface area contributed by atoms with Crippen LogP contribution in [0, 0.1) is 13.8 Å². The summed E-state index contributed by atoms with van der Waals surface area (Å²) in [7, 11) is 3.03. The number of barbiturate groups is 1. The summed E-state index contributed by atoms with van der Waals surface area (Å²) in [6.07, 6.45) is 1.45. The van der Waals surface area contributed by atoms with Crippen LogP contribution in [0.15, 0.2) is 42.0 Å². The molecule has 3 rings (SSSR count). The molecule has 0 aliphatic carbocycles. The molecule has 7 heteroatoms. The molecule has 0 radical (unpaired) electrons. The summed E-state index contributed by atoms with van der Waals surface area (Å²) < 4.78 is 10.6. The Morgan fingerprint density at radius 2 is 1.64 bits per heavy atom. The monoisotopic (exact) mass is 380 g/mol. The molecule has 2 aromatic carbocycles. The van der Waals surface area contributed by atoms with E-state index in [9.17, 15) is 14.4 Å². The molecule has 4 amide bonds. The lowest BCUT2D eigenvalue weighted by atomic mass is 10.0. The van der Waals surface area contributed by atoms with Crippen molar-refractivity contribution in [2.45, 2.75) is 13.8 Å². The third-order valence-electron chi connectivity index (χ3n) is 4.43. The Balaban J connectivity index is 2.07. The minimum atomic E-state index is -0.776. The van der Waals surface area contributed by atoms with Crippen molar-refractivity contribution < 1.29 is 23.9 Å². The van der Waals surface area contributed by atoms with Crippen LogP contribution in [-0.4, -0.2) is 32.1 Å². The maximum Gasteiger partial charge on any atom is 0.335 e. The van der Waals surface area contributed by atoms with Gasteiger partial charge in [-0.2, -0.15) is 0 Å². The number of benzene rings is 2. The van der Waals surface area contributed by atoms with E-state index >= 15 is 0 Å². The van der Waals surface area contributed by atoms with Crippen LogP contribution in [0.1, 0.15) is 16.7 Å². The van der Waals surface area contributed by atoms with E-state index in [0.717, 1.165) is 16.0 Å². The van der Waals surface area contributed by atoms with Crippen LogP contribution in [-0.2, 0) is 9.59 Å². The zero-order chi connectivity index (χ0) is 20.4. The van der Waals surface area contributed by atoms with Crippen molar-refractivity contribution in [3.05, 3.63) is 58.7 Å². The molecule has 2 aromatic rings. The summed E-state index contributed by atoms with van der Waals surface area (Å²) >= 11 is 0. The van der Waals surface area contributed by atoms with Gasteiger partial charge in [0.2, 0.25) is 0 Å². The SMILES string of the molecule is COc1cc(C)c(/C=C2\C(=O)NC(=O)N(c3cccc(C)c3)C2=O)cc1OC. The van der Waals surface area contributed by atoms with E-state index in [1.807, 2.05) is 19.9 Å². The van der Waals surface area contributed by atoms with Crippen molar-refractivity contribution in [2.24, 2.45) is 0 Å². The van der Waals surface area contributed by atoms with Crippen LogP contribution in [0.25, 0.3) is 6.08 Å². The van der Waals surface area contributed by atoms with E-state index < -0.39 is 17.8 Å². The standard InChI is InChI=1S/C21H20N2O5/c1-12-6-5-7-15(8-12)23-20(25)16(19(24)22-21(23)26)10-14-11-18(28-4)17(27-3)9-13(14)2/h5-11H,1-4H3,(H,22,24,26)/b16-10+. The molecule has 1 fully saturated rings. The number of hydrogen-bond acceptors (Lipinski definition) is 5. The Labute approximate surface area is 162 Å². The van der Waals surface area contributed by atoms with E-state index in [0.29, 0.717) is 22.7 Å². The quantitative estimate of drug-likeness (QED) is 0.651. The number of imide groups is 2. The van der Waals surface area contributed by atoms with Gasteiger partial charge in [0.05, 0.1) is 19.9 Å². The fourth-order valence-corrected chi connectivity index (χ4v) is 2.97. The van der Waals surface area contributed by atoms with E-state index in [-0.39, 0.29) is 5.57 Å². The van der Waals surface area contributed by atoms with Gasteiger partial charge in [-0.25, -0.2) is 9.69 Å². The Bertz CT molecular complexity index is 1010. The highest BCUT2D eigenvalue weighted by Crippen LogP contribution is 2.32. The minimum Gasteiger partial charge on any atom is -0.493 e. The lowest BCUT2D eigenvalue weighted by Gasteiger charge is -2.26. The van der Waals surface area contributed by atoms with Crippen molar-refractivity contribution in [1.29, 1.82) is 0 Å². The van der Waals surface area contributed by atoms with Crippen LogP contribution in [0.2, 0.25) is 0 Å². The number of urea groups is 1. The van der Waals surface area contributed by atoms with E-state index in [2.05, 4.69) is 5.32 Å². The van der Waals surface area contributed by atoms with Crippen LogP contribution >= 0.6 is 0 Å². The molecule has 28 heavy (non-hydrogen) atoms. The van der Waals surface area contributed by atoms with Gasteiger partial charge in [-0.3, -0.25) is 14.9 Å². The number of ether oxygens (including phenoxy) is 2. The first-order valence-electron chi connectivity index (χ1n) is 8.56. The summed E-state index contributed by atoms with van der Waals surface area (Å²) in [6, 6.07) is 9.58. The van der Waals surface area contributed by atoms with Gasteiger partial charge in [0, 0.05) is 0 Å². The smallest absolute Gasteiger partial charge is 0.335 e. The summed E-state index contributed by atoms with van der Waals surface area (Å²) in [6.45, 7) is 3.67. The van der Waals surface area contributed by atoms with E-state index in [1.54, 1.807) is 30.3 Å². The number of amides is 4. The molecular formula is C21H20N2O5. The number of carbonyl (C=O) groups is 3. The van der Waals surface area contributed by atoms with Crippen LogP contribution in [0.3, 0.4) is 0 Å². The van der Waals surface area contributed by atoms with Crippen molar-refractivity contribution in [3.8, 4) is 11.5 Å². The number of aryl methyl sites for hydroxylation is 2. The lowest BCUT2D eigenvalue weighted by molar-refractivity contribution is -0.122. The predicted molar refractivity (Wildman–Crippen MR) is 104 cm³/mol. The van der Waals surface area contributed by atoms with Crippen molar-refractivity contribution in [1.82, 2.24) is 5.32 Å². The summed E-state index contributed by atoms with van der Waals surface area (Å²) in [5, 5.41) is 2.22. The van der Waals surface area contributed by atoms with Crippen molar-refractivity contribution >= 4 is 29.6 Å². The molecule has 7 nitrogen and oxygen atoms in total. The van der Waals surface area contributed by atoms with Gasteiger partial charge < -0.3 is 9.47 Å². The molecule has 0 atom stereocenters. The summed E-state index contributed by atoms with van der Waals surface area (Å²) in [5.41, 5.74) is 2.53. The first-order chi connectivity index (χ1) is 13.3. The number of methoxy groups -OCH3 is 2. The van der Waals surface area contributed by atoms with Crippen LogP contribution in [0.4, 0.5) is 10.5 Å². The molecule has 1 N–H and O–H groups in total. The average molecular weight is 380 g/mol. The topological polar surface area (TPSA) is 84.9 Å². The summed E-state index contributed by atoms with van der Waals surface area (Å²) in [4.78, 5) is 38.6. The fourth-order valence-electron chi connectivity index (χ4n) is 2.97. The number of rotatable bonds is 4. The second-order valence-electron chi connectivity index (χ2n) is 6.36. The van der Waals surface area contributed by atoms with Crippen LogP contribution in [0.5, 0.6) is 11.5 Å². The minimum absolute atomic E-state index is 0.142. The van der Waals surface area contributed by atoms with Gasteiger partial charge in [-0.05, 0) is 60.9 Å². The molecule has 1 saturated heterocycles. The van der Waals surface area contributed by atoms with Gasteiger partial charge in [-0.15, -0.1) is 0 Å². The number of carbonyl (C=O) groups excluding carboxylic acids is 3. The third kappa shape index (κ3) is 3.46. The first kappa shape index (κ1) is 19.2. The maximum absolute atomic E-state index is 13.0. The van der Waals surface area contributed by atoms with Gasteiger partial charge >= 0.3 is 6.03 Å². The highest BCUT2D eigenvalue weighted by atomic mass is 16.5. The lowest BCUT2D eigenvalue weighted by Crippen LogP contribution is -2.54. The summed E-state index contributed by atoms with van der Waals surface area (Å²) in [5.74, 6) is -0.421. The number of nitrogens with zero attached hydrogens (tertiary/aromatic N) is 1. The maximum atomic E-state index is 13.0. The van der Waals surface area contributed by atoms with Gasteiger partial charge in [-0.1, -0.05) is 12.1 Å². The molecular weight excluding hydrogens is 360 g/mol. The Kier molecular flexibility index (Phi) is 5.17. The molecule has 1 heterocycles. The highest BCUT2D eigenvalue weighted by Gasteiger charge is 2.36. The average Bonchev–Trinajstić information content (AvgIpc) is 2.65. The normalized spacial score (nSPS) is 15.6. The molecule has 1 aliphatic rings. The molecule has 0 spiro atoms.